The molecule has 0 bridgehead atoms. The molecule has 0 aliphatic heterocycles. The molecule has 2 aromatic carbocycles. The monoisotopic (exact) mass is 391 g/mol. The van der Waals surface area contributed by atoms with E-state index in [1.807, 2.05) is 42.5 Å². The number of halogens is 1. The molecule has 0 spiro atoms. The first kappa shape index (κ1) is 17.4. The quantitative estimate of drug-likeness (QED) is 0.662. The summed E-state index contributed by atoms with van der Waals surface area (Å²) in [7, 11) is 0. The SMILES string of the molecule is O=C(CNC(=S)NCCc1ccccc1)Nc1ccccc1Br. The Morgan fingerprint density at radius 1 is 1.00 bits per heavy atom. The average Bonchev–Trinajstić information content (AvgIpc) is 2.56. The van der Waals surface area contributed by atoms with Gasteiger partial charge in [-0.1, -0.05) is 42.5 Å². The summed E-state index contributed by atoms with van der Waals surface area (Å²) < 4.78 is 0.844. The molecule has 1 amide bonds. The highest BCUT2D eigenvalue weighted by Crippen LogP contribution is 2.20. The lowest BCUT2D eigenvalue weighted by Gasteiger charge is -2.11. The zero-order chi connectivity index (χ0) is 16.5. The Hall–Kier alpha value is -1.92. The number of para-hydroxylation sites is 1. The van der Waals surface area contributed by atoms with Crippen molar-refractivity contribution in [2.45, 2.75) is 6.42 Å². The number of carbonyl (C=O) groups is 1. The minimum Gasteiger partial charge on any atom is -0.362 e. The highest BCUT2D eigenvalue weighted by molar-refractivity contribution is 9.10. The molecule has 4 nitrogen and oxygen atoms in total. The third-order valence-electron chi connectivity index (χ3n) is 3.10. The van der Waals surface area contributed by atoms with Gasteiger partial charge in [0.1, 0.15) is 0 Å². The van der Waals surface area contributed by atoms with Crippen LogP contribution >= 0.6 is 28.1 Å². The van der Waals surface area contributed by atoms with Crippen molar-refractivity contribution < 1.29 is 4.79 Å². The summed E-state index contributed by atoms with van der Waals surface area (Å²) >= 11 is 8.55. The largest absolute Gasteiger partial charge is 0.362 e. The van der Waals surface area contributed by atoms with Crippen LogP contribution in [0.5, 0.6) is 0 Å². The van der Waals surface area contributed by atoms with Crippen LogP contribution in [0.3, 0.4) is 0 Å². The van der Waals surface area contributed by atoms with E-state index >= 15 is 0 Å². The summed E-state index contributed by atoms with van der Waals surface area (Å²) in [5.74, 6) is -0.149. The van der Waals surface area contributed by atoms with Crippen LogP contribution in [-0.2, 0) is 11.2 Å². The maximum atomic E-state index is 11.9. The molecule has 0 atom stereocenters. The third kappa shape index (κ3) is 6.38. The van der Waals surface area contributed by atoms with E-state index in [1.54, 1.807) is 0 Å². The lowest BCUT2D eigenvalue weighted by molar-refractivity contribution is -0.115. The Kier molecular flexibility index (Phi) is 7.03. The Morgan fingerprint density at radius 3 is 2.43 bits per heavy atom. The van der Waals surface area contributed by atoms with Gasteiger partial charge >= 0.3 is 0 Å². The summed E-state index contributed by atoms with van der Waals surface area (Å²) in [5, 5.41) is 9.28. The van der Waals surface area contributed by atoms with Gasteiger partial charge in [-0.25, -0.2) is 0 Å². The number of amides is 1. The van der Waals surface area contributed by atoms with E-state index in [2.05, 4.69) is 44.0 Å². The molecular weight excluding hydrogens is 374 g/mol. The number of carbonyl (C=O) groups excluding carboxylic acids is 1. The second-order valence-electron chi connectivity index (χ2n) is 4.87. The van der Waals surface area contributed by atoms with Gasteiger partial charge in [-0.3, -0.25) is 4.79 Å². The molecule has 120 valence electrons. The van der Waals surface area contributed by atoms with Gasteiger partial charge in [0.05, 0.1) is 12.2 Å². The fourth-order valence-corrected chi connectivity index (χ4v) is 2.50. The number of thiocarbonyl (C=S) groups is 1. The van der Waals surface area contributed by atoms with Gasteiger partial charge in [-0.15, -0.1) is 0 Å². The molecule has 0 saturated heterocycles. The number of hydrogen-bond donors (Lipinski definition) is 3. The third-order valence-corrected chi connectivity index (χ3v) is 4.08. The molecule has 2 aromatic rings. The zero-order valence-electron chi connectivity index (χ0n) is 12.5. The Morgan fingerprint density at radius 2 is 1.70 bits per heavy atom. The topological polar surface area (TPSA) is 53.2 Å². The van der Waals surface area contributed by atoms with Crippen molar-refractivity contribution in [1.29, 1.82) is 0 Å². The molecule has 0 saturated carbocycles. The van der Waals surface area contributed by atoms with Crippen molar-refractivity contribution in [3.63, 3.8) is 0 Å². The van der Waals surface area contributed by atoms with Crippen molar-refractivity contribution in [2.24, 2.45) is 0 Å². The molecule has 0 heterocycles. The average molecular weight is 392 g/mol. The zero-order valence-corrected chi connectivity index (χ0v) is 14.9. The van der Waals surface area contributed by atoms with E-state index in [0.717, 1.165) is 23.1 Å². The van der Waals surface area contributed by atoms with E-state index in [0.29, 0.717) is 5.11 Å². The number of benzene rings is 2. The van der Waals surface area contributed by atoms with E-state index in [4.69, 9.17) is 12.2 Å². The van der Waals surface area contributed by atoms with Crippen LogP contribution in [0.2, 0.25) is 0 Å². The van der Waals surface area contributed by atoms with Crippen LogP contribution in [-0.4, -0.2) is 24.1 Å². The van der Waals surface area contributed by atoms with Gasteiger partial charge in [-0.05, 0) is 52.3 Å². The van der Waals surface area contributed by atoms with Crippen LogP contribution < -0.4 is 16.0 Å². The fourth-order valence-electron chi connectivity index (χ4n) is 1.95. The first-order valence-electron chi connectivity index (χ1n) is 7.25. The highest BCUT2D eigenvalue weighted by Gasteiger charge is 2.05. The van der Waals surface area contributed by atoms with Crippen LogP contribution in [0.15, 0.2) is 59.1 Å². The standard InChI is InChI=1S/C17H18BrN3OS/c18-14-8-4-5-9-15(14)21-16(22)12-20-17(23)19-11-10-13-6-2-1-3-7-13/h1-9H,10-12H2,(H,21,22)(H2,19,20,23). The second kappa shape index (κ2) is 9.27. The molecule has 0 fully saturated rings. The number of nitrogens with one attached hydrogen (secondary N) is 3. The maximum Gasteiger partial charge on any atom is 0.243 e. The lowest BCUT2D eigenvalue weighted by Crippen LogP contribution is -2.40. The summed E-state index contributed by atoms with van der Waals surface area (Å²) in [6.07, 6.45) is 0.881. The molecule has 0 aliphatic rings. The fraction of sp³-hybridized carbons (Fsp3) is 0.176. The van der Waals surface area contributed by atoms with Crippen molar-refractivity contribution in [3.8, 4) is 0 Å². The Bertz CT molecular complexity index is 664. The molecule has 23 heavy (non-hydrogen) atoms. The van der Waals surface area contributed by atoms with Crippen LogP contribution in [0.4, 0.5) is 5.69 Å². The molecule has 0 radical (unpaired) electrons. The van der Waals surface area contributed by atoms with Gasteiger partial charge in [0.15, 0.2) is 5.11 Å². The number of hydrogen-bond acceptors (Lipinski definition) is 2. The summed E-state index contributed by atoms with van der Waals surface area (Å²) in [4.78, 5) is 11.9. The van der Waals surface area contributed by atoms with E-state index in [-0.39, 0.29) is 12.5 Å². The predicted octanol–water partition coefficient (Wildman–Crippen LogP) is 3.09. The maximum absolute atomic E-state index is 11.9. The van der Waals surface area contributed by atoms with Gasteiger partial charge < -0.3 is 16.0 Å². The number of anilines is 1. The summed E-state index contributed by atoms with van der Waals surface area (Å²) in [6.45, 7) is 0.847. The Labute approximate surface area is 149 Å². The summed E-state index contributed by atoms with van der Waals surface area (Å²) in [6, 6.07) is 17.6. The predicted molar refractivity (Wildman–Crippen MR) is 102 cm³/mol. The van der Waals surface area contributed by atoms with Crippen molar-refractivity contribution >= 4 is 44.9 Å². The second-order valence-corrected chi connectivity index (χ2v) is 6.14. The molecular formula is C17H18BrN3OS. The van der Waals surface area contributed by atoms with Crippen LogP contribution in [0.1, 0.15) is 5.56 Å². The van der Waals surface area contributed by atoms with Gasteiger partial charge in [0.2, 0.25) is 5.91 Å². The van der Waals surface area contributed by atoms with E-state index in [9.17, 15) is 4.79 Å². The van der Waals surface area contributed by atoms with Crippen molar-refractivity contribution in [3.05, 3.63) is 64.6 Å². The first-order valence-corrected chi connectivity index (χ1v) is 8.45. The molecule has 0 unspecified atom stereocenters. The van der Waals surface area contributed by atoms with Crippen molar-refractivity contribution in [2.75, 3.05) is 18.4 Å². The minimum absolute atomic E-state index is 0.124. The van der Waals surface area contributed by atoms with Gasteiger partial charge in [0.25, 0.3) is 0 Å². The van der Waals surface area contributed by atoms with Gasteiger partial charge in [-0.2, -0.15) is 0 Å². The smallest absolute Gasteiger partial charge is 0.243 e. The molecule has 0 aliphatic carbocycles. The molecule has 2 rings (SSSR count). The van der Waals surface area contributed by atoms with Gasteiger partial charge in [0, 0.05) is 11.0 Å². The lowest BCUT2D eigenvalue weighted by atomic mass is 10.1. The van der Waals surface area contributed by atoms with E-state index < -0.39 is 0 Å². The Balaban J connectivity index is 1.66. The first-order chi connectivity index (χ1) is 11.1. The molecule has 3 N–H and O–H groups in total. The molecule has 6 heteroatoms. The van der Waals surface area contributed by atoms with Crippen LogP contribution in [0, 0.1) is 0 Å². The van der Waals surface area contributed by atoms with Crippen LogP contribution in [0.25, 0.3) is 0 Å². The van der Waals surface area contributed by atoms with Crippen molar-refractivity contribution in [1.82, 2.24) is 10.6 Å². The summed E-state index contributed by atoms with van der Waals surface area (Å²) in [5.41, 5.74) is 1.98. The highest BCUT2D eigenvalue weighted by atomic mass is 79.9. The minimum atomic E-state index is -0.149. The molecule has 0 aromatic heterocycles. The van der Waals surface area contributed by atoms with E-state index in [1.165, 1.54) is 5.56 Å². The normalized spacial score (nSPS) is 9.96. The number of rotatable bonds is 6.